The molecule has 0 spiro atoms. The van der Waals surface area contributed by atoms with E-state index in [1.54, 1.807) is 12.4 Å². The third-order valence-electron chi connectivity index (χ3n) is 4.57. The first kappa shape index (κ1) is 15.8. The van der Waals surface area contributed by atoms with Crippen molar-refractivity contribution >= 4 is 17.5 Å². The Morgan fingerprint density at radius 1 is 1.20 bits per heavy atom. The number of nitrogens with one attached hydrogen (secondary N) is 2. The SMILES string of the molecule is Cc1cnccc1-c1nc2c([nH]1)C[C@H](c1ccc(Cl)cc1)CNC2=O. The quantitative estimate of drug-likeness (QED) is 0.741. The number of amides is 1. The molecule has 6 heteroatoms. The van der Waals surface area contributed by atoms with Gasteiger partial charge in [-0.15, -0.1) is 0 Å². The maximum absolute atomic E-state index is 12.4. The van der Waals surface area contributed by atoms with Gasteiger partial charge in [0.15, 0.2) is 0 Å². The van der Waals surface area contributed by atoms with Gasteiger partial charge in [-0.25, -0.2) is 4.98 Å². The summed E-state index contributed by atoms with van der Waals surface area (Å²) < 4.78 is 0. The maximum Gasteiger partial charge on any atom is 0.271 e. The molecule has 3 aromatic rings. The molecule has 2 aromatic heterocycles. The van der Waals surface area contributed by atoms with Gasteiger partial charge in [-0.05, 0) is 42.7 Å². The number of aromatic amines is 1. The summed E-state index contributed by atoms with van der Waals surface area (Å²) in [5.41, 5.74) is 4.46. The summed E-state index contributed by atoms with van der Waals surface area (Å²) >= 11 is 5.98. The second-order valence-corrected chi connectivity index (χ2v) is 6.70. The number of fused-ring (bicyclic) bond motifs is 1. The number of hydrogen-bond acceptors (Lipinski definition) is 3. The van der Waals surface area contributed by atoms with Crippen molar-refractivity contribution in [1.29, 1.82) is 0 Å². The average Bonchev–Trinajstić information content (AvgIpc) is 2.97. The molecular formula is C19H17ClN4O. The summed E-state index contributed by atoms with van der Waals surface area (Å²) in [6.45, 7) is 2.56. The molecule has 126 valence electrons. The van der Waals surface area contributed by atoms with E-state index in [1.165, 1.54) is 0 Å². The Morgan fingerprint density at radius 2 is 2.00 bits per heavy atom. The van der Waals surface area contributed by atoms with E-state index in [9.17, 15) is 4.79 Å². The molecule has 0 saturated heterocycles. The number of aryl methyl sites for hydroxylation is 1. The normalized spacial score (nSPS) is 16.9. The summed E-state index contributed by atoms with van der Waals surface area (Å²) in [7, 11) is 0. The number of carbonyl (C=O) groups excluding carboxylic acids is 1. The number of nitrogens with zero attached hydrogens (tertiary/aromatic N) is 2. The van der Waals surface area contributed by atoms with E-state index in [-0.39, 0.29) is 11.8 Å². The number of rotatable bonds is 2. The smallest absolute Gasteiger partial charge is 0.271 e. The van der Waals surface area contributed by atoms with Crippen LogP contribution in [-0.2, 0) is 6.42 Å². The van der Waals surface area contributed by atoms with Gasteiger partial charge >= 0.3 is 0 Å². The lowest BCUT2D eigenvalue weighted by molar-refractivity contribution is 0.0950. The van der Waals surface area contributed by atoms with Crippen molar-refractivity contribution in [2.24, 2.45) is 0 Å². The average molecular weight is 353 g/mol. The molecule has 0 radical (unpaired) electrons. The lowest BCUT2D eigenvalue weighted by Gasteiger charge is -2.14. The van der Waals surface area contributed by atoms with Gasteiger partial charge in [0.2, 0.25) is 0 Å². The van der Waals surface area contributed by atoms with Gasteiger partial charge < -0.3 is 10.3 Å². The minimum Gasteiger partial charge on any atom is -0.350 e. The minimum absolute atomic E-state index is 0.138. The van der Waals surface area contributed by atoms with E-state index in [0.717, 1.165) is 22.4 Å². The fourth-order valence-electron chi connectivity index (χ4n) is 3.20. The highest BCUT2D eigenvalue weighted by Gasteiger charge is 2.26. The number of aromatic nitrogens is 3. The Hall–Kier alpha value is -2.66. The van der Waals surface area contributed by atoms with Crippen LogP contribution in [0.4, 0.5) is 0 Å². The van der Waals surface area contributed by atoms with Crippen LogP contribution in [0.5, 0.6) is 0 Å². The molecule has 1 atom stereocenters. The van der Waals surface area contributed by atoms with Crippen molar-refractivity contribution in [1.82, 2.24) is 20.3 Å². The largest absolute Gasteiger partial charge is 0.350 e. The summed E-state index contributed by atoms with van der Waals surface area (Å²) in [6.07, 6.45) is 4.24. The highest BCUT2D eigenvalue weighted by atomic mass is 35.5. The van der Waals surface area contributed by atoms with Crippen molar-refractivity contribution in [3.8, 4) is 11.4 Å². The maximum atomic E-state index is 12.4. The zero-order valence-corrected chi connectivity index (χ0v) is 14.5. The lowest BCUT2D eigenvalue weighted by Crippen LogP contribution is -2.26. The fourth-order valence-corrected chi connectivity index (χ4v) is 3.33. The molecule has 5 nitrogen and oxygen atoms in total. The van der Waals surface area contributed by atoms with E-state index in [0.29, 0.717) is 29.5 Å². The number of H-pyrrole nitrogens is 1. The van der Waals surface area contributed by atoms with Crippen LogP contribution in [0.1, 0.15) is 33.2 Å². The molecule has 3 heterocycles. The molecule has 0 fully saturated rings. The molecule has 0 saturated carbocycles. The fraction of sp³-hybridized carbons (Fsp3) is 0.211. The molecular weight excluding hydrogens is 336 g/mol. The van der Waals surface area contributed by atoms with Gasteiger partial charge in [0.25, 0.3) is 5.91 Å². The summed E-state index contributed by atoms with van der Waals surface area (Å²) in [4.78, 5) is 24.4. The second-order valence-electron chi connectivity index (χ2n) is 6.27. The van der Waals surface area contributed by atoms with Crippen LogP contribution in [0.15, 0.2) is 42.7 Å². The van der Waals surface area contributed by atoms with Crippen LogP contribution in [0.3, 0.4) is 0 Å². The van der Waals surface area contributed by atoms with Crippen LogP contribution in [-0.4, -0.2) is 27.4 Å². The van der Waals surface area contributed by atoms with E-state index in [2.05, 4.69) is 20.3 Å². The number of halogens is 1. The van der Waals surface area contributed by atoms with Crippen LogP contribution < -0.4 is 5.32 Å². The Bertz CT molecular complexity index is 933. The van der Waals surface area contributed by atoms with Gasteiger partial charge in [0.1, 0.15) is 11.5 Å². The van der Waals surface area contributed by atoms with Crippen molar-refractivity contribution in [3.05, 3.63) is 70.3 Å². The molecule has 0 unspecified atom stereocenters. The Balaban J connectivity index is 1.71. The predicted octanol–water partition coefficient (Wildman–Crippen LogP) is 3.50. The Labute approximate surface area is 150 Å². The number of imidazole rings is 1. The molecule has 1 aliphatic rings. The van der Waals surface area contributed by atoms with Crippen LogP contribution in [0.25, 0.3) is 11.4 Å². The third-order valence-corrected chi connectivity index (χ3v) is 4.82. The first-order valence-corrected chi connectivity index (χ1v) is 8.53. The van der Waals surface area contributed by atoms with E-state index in [1.807, 2.05) is 37.3 Å². The zero-order valence-electron chi connectivity index (χ0n) is 13.7. The number of pyridine rings is 1. The number of hydrogen-bond donors (Lipinski definition) is 2. The van der Waals surface area contributed by atoms with Gasteiger partial charge in [0, 0.05) is 41.1 Å². The van der Waals surface area contributed by atoms with Crippen molar-refractivity contribution < 1.29 is 4.79 Å². The summed E-state index contributed by atoms with van der Waals surface area (Å²) in [5.74, 6) is 0.742. The molecule has 1 amide bonds. The van der Waals surface area contributed by atoms with E-state index >= 15 is 0 Å². The second kappa shape index (κ2) is 6.33. The molecule has 0 aliphatic carbocycles. The first-order valence-electron chi connectivity index (χ1n) is 8.15. The Morgan fingerprint density at radius 3 is 2.76 bits per heavy atom. The van der Waals surface area contributed by atoms with Crippen LogP contribution in [0, 0.1) is 6.92 Å². The highest BCUT2D eigenvalue weighted by molar-refractivity contribution is 6.30. The van der Waals surface area contributed by atoms with Gasteiger partial charge in [0.05, 0.1) is 0 Å². The third kappa shape index (κ3) is 3.03. The monoisotopic (exact) mass is 352 g/mol. The van der Waals surface area contributed by atoms with E-state index in [4.69, 9.17) is 11.6 Å². The molecule has 1 aliphatic heterocycles. The van der Waals surface area contributed by atoms with Gasteiger partial charge in [-0.1, -0.05) is 23.7 Å². The molecule has 1 aromatic carbocycles. The summed E-state index contributed by atoms with van der Waals surface area (Å²) in [6, 6.07) is 9.68. The topological polar surface area (TPSA) is 70.7 Å². The molecule has 0 bridgehead atoms. The number of benzene rings is 1. The van der Waals surface area contributed by atoms with Gasteiger partial charge in [-0.2, -0.15) is 0 Å². The molecule has 25 heavy (non-hydrogen) atoms. The van der Waals surface area contributed by atoms with Crippen LogP contribution >= 0.6 is 11.6 Å². The Kier molecular flexibility index (Phi) is 4.01. The molecule has 4 rings (SSSR count). The predicted molar refractivity (Wildman–Crippen MR) is 96.8 cm³/mol. The van der Waals surface area contributed by atoms with Gasteiger partial charge in [-0.3, -0.25) is 9.78 Å². The van der Waals surface area contributed by atoms with E-state index < -0.39 is 0 Å². The van der Waals surface area contributed by atoms with Crippen molar-refractivity contribution in [2.75, 3.05) is 6.54 Å². The van der Waals surface area contributed by atoms with Crippen molar-refractivity contribution in [3.63, 3.8) is 0 Å². The zero-order chi connectivity index (χ0) is 17.4. The lowest BCUT2D eigenvalue weighted by atomic mass is 9.94. The first-order chi connectivity index (χ1) is 12.1. The van der Waals surface area contributed by atoms with Crippen molar-refractivity contribution in [2.45, 2.75) is 19.3 Å². The van der Waals surface area contributed by atoms with Crippen LogP contribution in [0.2, 0.25) is 5.02 Å². The highest BCUT2D eigenvalue weighted by Crippen LogP contribution is 2.28. The standard InChI is InChI=1S/C19H17ClN4O/c1-11-9-21-7-6-15(11)18-23-16-8-13(10-22-19(25)17(16)24-18)12-2-4-14(20)5-3-12/h2-7,9,13H,8,10H2,1H3,(H,22,25)(H,23,24)/t13-/m0/s1. The minimum atomic E-state index is -0.138. The molecule has 2 N–H and O–H groups in total. The number of carbonyl (C=O) groups is 1. The summed E-state index contributed by atoms with van der Waals surface area (Å²) in [5, 5.41) is 3.68.